The fraction of sp³-hybridized carbons (Fsp3) is 0.714. The summed E-state index contributed by atoms with van der Waals surface area (Å²) >= 11 is 0. The molecule has 2 aliphatic heterocycles. The number of rotatable bonds is 9. The van der Waals surface area contributed by atoms with Crippen LogP contribution in [-0.4, -0.2) is 54.1 Å². The molecule has 6 atom stereocenters. The van der Waals surface area contributed by atoms with E-state index in [0.717, 1.165) is 18.4 Å². The predicted octanol–water partition coefficient (Wildman–Crippen LogP) is 2.92. The lowest BCUT2D eigenvalue weighted by Crippen LogP contribution is -2.62. The Morgan fingerprint density at radius 3 is 2.48 bits per heavy atom. The summed E-state index contributed by atoms with van der Waals surface area (Å²) in [5.41, 5.74) is 0.874. The van der Waals surface area contributed by atoms with E-state index < -0.39 is 37.0 Å². The van der Waals surface area contributed by atoms with Gasteiger partial charge in [-0.2, -0.15) is 0 Å². The molecule has 2 fully saturated rings. The summed E-state index contributed by atoms with van der Waals surface area (Å²) in [7, 11) is 0. The highest BCUT2D eigenvalue weighted by Gasteiger charge is 2.49. The molecular weight excluding hydrogens is 348 g/mol. The summed E-state index contributed by atoms with van der Waals surface area (Å²) in [6, 6.07) is 9.54. The summed E-state index contributed by atoms with van der Waals surface area (Å²) < 4.78 is 23.1. The Morgan fingerprint density at radius 1 is 0.963 bits per heavy atom. The molecule has 0 aliphatic carbocycles. The average Bonchev–Trinajstić information content (AvgIpc) is 2.71. The van der Waals surface area contributed by atoms with Crippen LogP contribution in [0.25, 0.3) is 0 Å². The Labute approximate surface area is 161 Å². The largest absolute Gasteiger partial charge is 0.387 e. The summed E-state index contributed by atoms with van der Waals surface area (Å²) in [6.45, 7) is 2.99. The van der Waals surface area contributed by atoms with E-state index in [2.05, 4.69) is 6.92 Å². The van der Waals surface area contributed by atoms with E-state index in [1.165, 1.54) is 25.7 Å². The molecule has 0 saturated carbocycles. The van der Waals surface area contributed by atoms with Crippen LogP contribution in [0.5, 0.6) is 0 Å². The van der Waals surface area contributed by atoms with Gasteiger partial charge in [-0.25, -0.2) is 0 Å². The zero-order chi connectivity index (χ0) is 19.1. The van der Waals surface area contributed by atoms with Gasteiger partial charge in [-0.3, -0.25) is 0 Å². The van der Waals surface area contributed by atoms with Crippen molar-refractivity contribution in [2.24, 2.45) is 0 Å². The molecule has 27 heavy (non-hydrogen) atoms. The van der Waals surface area contributed by atoms with Crippen LogP contribution in [0.15, 0.2) is 30.3 Å². The first-order chi connectivity index (χ1) is 13.2. The topological polar surface area (TPSA) is 77.4 Å². The SMILES string of the molecule is CCCCCCCCO[C@@H]1O[C@@H]2COC(c3ccccc3)O[C@H]2[C@H](O)[C@H]1O. The zero-order valence-electron chi connectivity index (χ0n) is 16.0. The summed E-state index contributed by atoms with van der Waals surface area (Å²) in [4.78, 5) is 0. The second-order valence-corrected chi connectivity index (χ2v) is 7.34. The van der Waals surface area contributed by atoms with Gasteiger partial charge in [0.15, 0.2) is 12.6 Å². The van der Waals surface area contributed by atoms with E-state index in [-0.39, 0.29) is 6.61 Å². The molecule has 1 aromatic carbocycles. The van der Waals surface area contributed by atoms with Crippen molar-refractivity contribution in [3.05, 3.63) is 35.9 Å². The lowest BCUT2D eigenvalue weighted by Gasteiger charge is -2.46. The Kier molecular flexibility index (Phi) is 8.06. The molecule has 1 aromatic rings. The van der Waals surface area contributed by atoms with Gasteiger partial charge in [-0.15, -0.1) is 0 Å². The van der Waals surface area contributed by atoms with Crippen LogP contribution in [-0.2, 0) is 18.9 Å². The molecule has 0 spiro atoms. The smallest absolute Gasteiger partial charge is 0.186 e. The number of fused-ring (bicyclic) bond motifs is 1. The van der Waals surface area contributed by atoms with Crippen LogP contribution < -0.4 is 0 Å². The molecule has 3 rings (SSSR count). The Hall–Kier alpha value is -1.02. The van der Waals surface area contributed by atoms with Gasteiger partial charge in [-0.1, -0.05) is 69.4 Å². The van der Waals surface area contributed by atoms with Gasteiger partial charge >= 0.3 is 0 Å². The van der Waals surface area contributed by atoms with Crippen molar-refractivity contribution in [3.8, 4) is 0 Å². The van der Waals surface area contributed by atoms with Crippen molar-refractivity contribution in [2.45, 2.75) is 82.4 Å². The molecule has 2 saturated heterocycles. The fourth-order valence-electron chi connectivity index (χ4n) is 3.58. The first-order valence-corrected chi connectivity index (χ1v) is 10.2. The van der Waals surface area contributed by atoms with E-state index in [0.29, 0.717) is 6.61 Å². The highest BCUT2D eigenvalue weighted by atomic mass is 16.8. The van der Waals surface area contributed by atoms with Crippen molar-refractivity contribution in [2.75, 3.05) is 13.2 Å². The first-order valence-electron chi connectivity index (χ1n) is 10.2. The number of ether oxygens (including phenoxy) is 4. The molecule has 0 radical (unpaired) electrons. The Balaban J connectivity index is 1.46. The number of hydrogen-bond acceptors (Lipinski definition) is 6. The molecule has 152 valence electrons. The zero-order valence-corrected chi connectivity index (χ0v) is 16.0. The molecule has 0 amide bonds. The maximum absolute atomic E-state index is 10.5. The molecule has 6 heteroatoms. The van der Waals surface area contributed by atoms with E-state index in [4.69, 9.17) is 18.9 Å². The van der Waals surface area contributed by atoms with Crippen molar-refractivity contribution >= 4 is 0 Å². The molecular formula is C21H32O6. The van der Waals surface area contributed by atoms with E-state index >= 15 is 0 Å². The van der Waals surface area contributed by atoms with Gasteiger partial charge in [-0.05, 0) is 6.42 Å². The van der Waals surface area contributed by atoms with Gasteiger partial charge in [0.2, 0.25) is 0 Å². The normalized spacial score (nSPS) is 33.6. The quantitative estimate of drug-likeness (QED) is 0.642. The molecule has 0 bridgehead atoms. The number of aliphatic hydroxyl groups is 2. The lowest BCUT2D eigenvalue weighted by molar-refractivity contribution is -0.361. The molecule has 2 N–H and O–H groups in total. The Morgan fingerprint density at radius 2 is 1.70 bits per heavy atom. The number of benzene rings is 1. The predicted molar refractivity (Wildman–Crippen MR) is 100 cm³/mol. The first kappa shape index (κ1) is 20.7. The second kappa shape index (κ2) is 10.5. The number of unbranched alkanes of at least 4 members (excludes halogenated alkanes) is 5. The van der Waals surface area contributed by atoms with Gasteiger partial charge in [0, 0.05) is 12.2 Å². The van der Waals surface area contributed by atoms with Crippen molar-refractivity contribution in [1.29, 1.82) is 0 Å². The number of hydrogen-bond donors (Lipinski definition) is 2. The standard InChI is InChI=1S/C21H32O6/c1-2-3-4-5-6-10-13-24-21-18(23)17(22)19-16(26-21)14-25-20(27-19)15-11-8-7-9-12-15/h7-9,11-12,16-23H,2-6,10,13-14H2,1H3/t16-,17-,18-,19-,20?,21-/m1/s1. The van der Waals surface area contributed by atoms with Crippen molar-refractivity contribution in [3.63, 3.8) is 0 Å². The average molecular weight is 380 g/mol. The highest BCUT2D eigenvalue weighted by Crippen LogP contribution is 2.34. The third kappa shape index (κ3) is 5.50. The summed E-state index contributed by atoms with van der Waals surface area (Å²) in [6.07, 6.45) is 2.22. The van der Waals surface area contributed by atoms with E-state index in [1.54, 1.807) is 0 Å². The van der Waals surface area contributed by atoms with Crippen LogP contribution in [0.4, 0.5) is 0 Å². The minimum atomic E-state index is -1.14. The highest BCUT2D eigenvalue weighted by molar-refractivity contribution is 5.16. The molecule has 2 aliphatic rings. The maximum Gasteiger partial charge on any atom is 0.186 e. The minimum Gasteiger partial charge on any atom is -0.387 e. The second-order valence-electron chi connectivity index (χ2n) is 7.34. The molecule has 0 aromatic heterocycles. The third-order valence-corrected chi connectivity index (χ3v) is 5.19. The third-order valence-electron chi connectivity index (χ3n) is 5.19. The molecule has 2 heterocycles. The van der Waals surface area contributed by atoms with Gasteiger partial charge < -0.3 is 29.2 Å². The van der Waals surface area contributed by atoms with Crippen LogP contribution in [0.3, 0.4) is 0 Å². The maximum atomic E-state index is 10.5. The van der Waals surface area contributed by atoms with Crippen LogP contribution in [0.1, 0.15) is 57.3 Å². The molecule has 6 nitrogen and oxygen atoms in total. The monoisotopic (exact) mass is 380 g/mol. The number of aliphatic hydroxyl groups excluding tert-OH is 2. The van der Waals surface area contributed by atoms with Gasteiger partial charge in [0.1, 0.15) is 24.4 Å². The van der Waals surface area contributed by atoms with Crippen molar-refractivity contribution in [1.82, 2.24) is 0 Å². The van der Waals surface area contributed by atoms with E-state index in [1.807, 2.05) is 30.3 Å². The Bertz CT molecular complexity index is 537. The van der Waals surface area contributed by atoms with E-state index in [9.17, 15) is 10.2 Å². The van der Waals surface area contributed by atoms with Crippen molar-refractivity contribution < 1.29 is 29.2 Å². The molecule has 1 unspecified atom stereocenters. The fourth-order valence-corrected chi connectivity index (χ4v) is 3.58. The van der Waals surface area contributed by atoms with Gasteiger partial charge in [0.05, 0.1) is 6.61 Å². The summed E-state index contributed by atoms with van der Waals surface area (Å²) in [5.74, 6) is 0. The van der Waals surface area contributed by atoms with Crippen LogP contribution in [0.2, 0.25) is 0 Å². The lowest BCUT2D eigenvalue weighted by atomic mass is 9.98. The van der Waals surface area contributed by atoms with Gasteiger partial charge in [0.25, 0.3) is 0 Å². The van der Waals surface area contributed by atoms with Crippen LogP contribution >= 0.6 is 0 Å². The minimum absolute atomic E-state index is 0.283. The van der Waals surface area contributed by atoms with Crippen LogP contribution in [0, 0.1) is 0 Å². The summed E-state index contributed by atoms with van der Waals surface area (Å²) in [5, 5.41) is 20.9.